The van der Waals surface area contributed by atoms with Gasteiger partial charge in [0.15, 0.2) is 0 Å². The van der Waals surface area contributed by atoms with Crippen molar-refractivity contribution >= 4 is 53.3 Å². The van der Waals surface area contributed by atoms with E-state index in [9.17, 15) is 73.8 Å². The predicted molar refractivity (Wildman–Crippen MR) is 235 cm³/mol. The number of amides is 7. The number of hydrogen-bond acceptors (Lipinski definition) is 14. The molecule has 23 heteroatoms. The Bertz CT molecular complexity index is 2210. The average Bonchev–Trinajstić information content (AvgIpc) is 3.27. The molecule has 0 aliphatic rings. The number of hydrogen-bond donors (Lipinski definition) is 14. The molecule has 3 aromatic carbocycles. The first-order chi connectivity index (χ1) is 31.6. The third kappa shape index (κ3) is 17.7. The summed E-state index contributed by atoms with van der Waals surface area (Å²) in [6, 6.07) is 7.63. The van der Waals surface area contributed by atoms with E-state index in [2.05, 4.69) is 37.2 Å². The van der Waals surface area contributed by atoms with Crippen LogP contribution in [0.4, 0.5) is 0 Å². The Morgan fingerprint density at radius 1 is 0.478 bits per heavy atom. The minimum absolute atomic E-state index is 0.0625. The second-order valence-corrected chi connectivity index (χ2v) is 15.6. The third-order valence-electron chi connectivity index (χ3n) is 10.0. The van der Waals surface area contributed by atoms with Crippen molar-refractivity contribution in [3.63, 3.8) is 0 Å². The number of aliphatic hydroxyl groups excluding tert-OH is 2. The van der Waals surface area contributed by atoms with Crippen molar-refractivity contribution in [2.45, 2.75) is 101 Å². The Hall–Kier alpha value is -7.63. The second kappa shape index (κ2) is 25.8. The van der Waals surface area contributed by atoms with E-state index in [0.717, 1.165) is 13.8 Å². The maximum atomic E-state index is 14.0. The lowest BCUT2D eigenvalue weighted by atomic mass is 10.0. The first-order valence-corrected chi connectivity index (χ1v) is 20.8. The number of aromatic hydroxyl groups is 2. The molecule has 15 N–H and O–H groups in total. The van der Waals surface area contributed by atoms with Crippen molar-refractivity contribution in [1.29, 1.82) is 0 Å². The molecule has 0 bridgehead atoms. The van der Waals surface area contributed by atoms with E-state index in [-0.39, 0.29) is 30.8 Å². The highest BCUT2D eigenvalue weighted by Crippen LogP contribution is 2.14. The summed E-state index contributed by atoms with van der Waals surface area (Å²) in [7, 11) is 0. The van der Waals surface area contributed by atoms with Crippen LogP contribution >= 0.6 is 0 Å². The van der Waals surface area contributed by atoms with Crippen LogP contribution in [-0.4, -0.2) is 145 Å². The number of carboxylic acid groups (broad SMARTS) is 2. The molecule has 0 aromatic heterocycles. The summed E-state index contributed by atoms with van der Waals surface area (Å²) in [5, 5.41) is 76.0. The van der Waals surface area contributed by atoms with E-state index in [1.807, 2.05) is 0 Å². The second-order valence-electron chi connectivity index (χ2n) is 15.6. The standard InChI is InChI=1S/C44H56N8O15/c1-22(44(66)67)46-38(60)31(19-27-11-15-29(56)16-12-27)48-39(61)33(20-35(58)59)50-43(65)37(24(3)54)52-41(63)32(17-25-7-5-4-6-8-25)49-42(64)36(23(2)53)51-40(62)30(47-34(57)21-45)18-26-9-13-28(55)14-10-26/h4-16,22-24,30-33,36-37,53-56H,17-21,45H2,1-3H3,(H,46,60)(H,47,57)(H,48,61)(H,49,64)(H,50,65)(H,51,62)(H,52,63)(H,58,59)(H,66,67)/t22-,23+,24+,30-,31-,32-,33-,36-,37-/m0/s1. The number of phenolic OH excluding ortho intramolecular Hbond substituents is 2. The topological polar surface area (TPSA) is 385 Å². The maximum Gasteiger partial charge on any atom is 0.325 e. The van der Waals surface area contributed by atoms with Crippen LogP contribution in [0.1, 0.15) is 43.9 Å². The molecule has 67 heavy (non-hydrogen) atoms. The molecule has 0 radical (unpaired) electrons. The Morgan fingerprint density at radius 2 is 0.836 bits per heavy atom. The number of nitrogens with two attached hydrogens (primary N) is 1. The SMILES string of the molecule is C[C@H](NC(=O)[C@H](Cc1ccc(O)cc1)NC(=O)[C@H](CC(=O)O)NC(=O)[C@@H](NC(=O)[C@H](Cc1ccccc1)NC(=O)[C@@H](NC(=O)[C@H](Cc1ccc(O)cc1)NC(=O)CN)[C@@H](C)O)[C@@H](C)O)C(=O)O. The summed E-state index contributed by atoms with van der Waals surface area (Å²) >= 11 is 0. The fourth-order valence-electron chi connectivity index (χ4n) is 6.34. The first-order valence-electron chi connectivity index (χ1n) is 20.8. The molecule has 0 spiro atoms. The van der Waals surface area contributed by atoms with E-state index < -0.39 is 121 Å². The van der Waals surface area contributed by atoms with Crippen molar-refractivity contribution in [3.8, 4) is 11.5 Å². The molecular weight excluding hydrogens is 881 g/mol. The van der Waals surface area contributed by atoms with Crippen LogP contribution in [0.25, 0.3) is 0 Å². The van der Waals surface area contributed by atoms with Crippen molar-refractivity contribution in [2.75, 3.05) is 6.54 Å². The van der Waals surface area contributed by atoms with E-state index >= 15 is 0 Å². The molecule has 0 unspecified atom stereocenters. The fraction of sp³-hybridized carbons (Fsp3) is 0.386. The molecule has 362 valence electrons. The van der Waals surface area contributed by atoms with Crippen molar-refractivity contribution in [3.05, 3.63) is 95.6 Å². The van der Waals surface area contributed by atoms with Crippen LogP contribution in [0.15, 0.2) is 78.9 Å². The molecule has 0 heterocycles. The summed E-state index contributed by atoms with van der Waals surface area (Å²) in [6.07, 6.45) is -5.12. The van der Waals surface area contributed by atoms with Gasteiger partial charge in [-0.25, -0.2) is 0 Å². The number of carboxylic acids is 2. The smallest absolute Gasteiger partial charge is 0.325 e. The Labute approximate surface area is 383 Å². The number of benzene rings is 3. The highest BCUT2D eigenvalue weighted by atomic mass is 16.4. The van der Waals surface area contributed by atoms with Gasteiger partial charge in [-0.2, -0.15) is 0 Å². The molecule has 3 rings (SSSR count). The zero-order valence-electron chi connectivity index (χ0n) is 36.7. The zero-order valence-corrected chi connectivity index (χ0v) is 36.7. The van der Waals surface area contributed by atoms with E-state index in [1.54, 1.807) is 30.3 Å². The van der Waals surface area contributed by atoms with Crippen LogP contribution in [0.3, 0.4) is 0 Å². The molecule has 0 saturated carbocycles. The maximum absolute atomic E-state index is 14.0. The van der Waals surface area contributed by atoms with Crippen LogP contribution < -0.4 is 43.0 Å². The van der Waals surface area contributed by atoms with Crippen molar-refractivity contribution < 1.29 is 73.8 Å². The number of nitrogens with one attached hydrogen (secondary N) is 7. The molecule has 3 aromatic rings. The molecule has 0 saturated heterocycles. The molecule has 7 amide bonds. The van der Waals surface area contributed by atoms with Crippen molar-refractivity contribution in [1.82, 2.24) is 37.2 Å². The molecule has 0 aliphatic carbocycles. The summed E-state index contributed by atoms with van der Waals surface area (Å²) in [4.78, 5) is 118. The van der Waals surface area contributed by atoms with Crippen LogP contribution in [0.5, 0.6) is 11.5 Å². The number of aliphatic hydroxyl groups is 2. The third-order valence-corrected chi connectivity index (χ3v) is 10.0. The Morgan fingerprint density at radius 3 is 1.22 bits per heavy atom. The van der Waals surface area contributed by atoms with Crippen LogP contribution in [0, 0.1) is 0 Å². The highest BCUT2D eigenvalue weighted by Gasteiger charge is 2.37. The number of phenols is 2. The van der Waals surface area contributed by atoms with Gasteiger partial charge in [-0.3, -0.25) is 43.2 Å². The summed E-state index contributed by atoms with van der Waals surface area (Å²) < 4.78 is 0. The highest BCUT2D eigenvalue weighted by molar-refractivity contribution is 5.98. The van der Waals surface area contributed by atoms with Gasteiger partial charge in [0.25, 0.3) is 0 Å². The van der Waals surface area contributed by atoms with Gasteiger partial charge in [-0.15, -0.1) is 0 Å². The normalized spacial score (nSPS) is 15.0. The Kier molecular flexibility index (Phi) is 20.6. The van der Waals surface area contributed by atoms with E-state index in [4.69, 9.17) is 5.73 Å². The predicted octanol–water partition coefficient (Wildman–Crippen LogP) is -3.18. The average molecular weight is 937 g/mol. The van der Waals surface area contributed by atoms with Gasteiger partial charge in [0.05, 0.1) is 25.2 Å². The van der Waals surface area contributed by atoms with Gasteiger partial charge in [0.2, 0.25) is 41.4 Å². The summed E-state index contributed by atoms with van der Waals surface area (Å²) in [6.45, 7) is 2.91. The van der Waals surface area contributed by atoms with Crippen LogP contribution in [0.2, 0.25) is 0 Å². The number of aliphatic carboxylic acids is 2. The van der Waals surface area contributed by atoms with Gasteiger partial charge < -0.3 is 73.6 Å². The fourth-order valence-corrected chi connectivity index (χ4v) is 6.34. The lowest BCUT2D eigenvalue weighted by Gasteiger charge is -2.29. The van der Waals surface area contributed by atoms with Gasteiger partial charge in [-0.1, -0.05) is 54.6 Å². The molecule has 23 nitrogen and oxygen atoms in total. The van der Waals surface area contributed by atoms with E-state index in [1.165, 1.54) is 55.5 Å². The largest absolute Gasteiger partial charge is 0.508 e. The Balaban J connectivity index is 1.88. The molecule has 0 aliphatic heterocycles. The minimum Gasteiger partial charge on any atom is -0.508 e. The molecule has 9 atom stereocenters. The first kappa shape index (κ1) is 53.7. The monoisotopic (exact) mass is 936 g/mol. The van der Waals surface area contributed by atoms with Gasteiger partial charge in [0, 0.05) is 19.3 Å². The quantitative estimate of drug-likeness (QED) is 0.0398. The summed E-state index contributed by atoms with van der Waals surface area (Å²) in [5.74, 6) is -10.6. The van der Waals surface area contributed by atoms with Gasteiger partial charge >= 0.3 is 11.9 Å². The zero-order chi connectivity index (χ0) is 50.0. The lowest BCUT2D eigenvalue weighted by molar-refractivity contribution is -0.143. The van der Waals surface area contributed by atoms with E-state index in [0.29, 0.717) is 16.7 Å². The lowest BCUT2D eigenvalue weighted by Crippen LogP contribution is -2.63. The summed E-state index contributed by atoms with van der Waals surface area (Å²) in [5.41, 5.74) is 6.78. The molecular formula is C44H56N8O15. The van der Waals surface area contributed by atoms with Gasteiger partial charge in [-0.05, 0) is 61.7 Å². The van der Waals surface area contributed by atoms with Gasteiger partial charge in [0.1, 0.15) is 53.8 Å². The number of carbonyl (C=O) groups excluding carboxylic acids is 7. The molecule has 0 fully saturated rings. The number of rotatable bonds is 25. The number of carbonyl (C=O) groups is 9. The van der Waals surface area contributed by atoms with Crippen LogP contribution in [-0.2, 0) is 62.4 Å². The minimum atomic E-state index is -1.96. The van der Waals surface area contributed by atoms with Crippen molar-refractivity contribution in [2.24, 2.45) is 5.73 Å².